The van der Waals surface area contributed by atoms with Gasteiger partial charge >= 0.3 is 6.03 Å². The van der Waals surface area contributed by atoms with Crippen molar-refractivity contribution in [3.8, 4) is 5.69 Å². The van der Waals surface area contributed by atoms with Gasteiger partial charge in [0, 0.05) is 26.2 Å². The van der Waals surface area contributed by atoms with E-state index >= 15 is 0 Å². The van der Waals surface area contributed by atoms with Gasteiger partial charge < -0.3 is 15.1 Å². The molecule has 3 aromatic rings. The summed E-state index contributed by atoms with van der Waals surface area (Å²) in [7, 11) is 0. The number of anilines is 1. The van der Waals surface area contributed by atoms with E-state index in [1.54, 1.807) is 16.8 Å². The molecule has 1 aromatic heterocycles. The lowest BCUT2D eigenvalue weighted by molar-refractivity contribution is 0.188. The van der Waals surface area contributed by atoms with E-state index in [4.69, 9.17) is 0 Å². The number of carbonyl (C=O) groups is 1. The maximum atomic E-state index is 13.3. The molecule has 1 aliphatic heterocycles. The molecule has 2 amide bonds. The van der Waals surface area contributed by atoms with Gasteiger partial charge in [0.15, 0.2) is 0 Å². The molecular weight excluding hydrogens is 397 g/mol. The lowest BCUT2D eigenvalue weighted by Gasteiger charge is -2.35. The molecule has 1 aliphatic carbocycles. The van der Waals surface area contributed by atoms with Crippen LogP contribution in [0.4, 0.5) is 15.1 Å². The van der Waals surface area contributed by atoms with Crippen LogP contribution in [0.3, 0.4) is 0 Å². The Labute approximate surface area is 179 Å². The van der Waals surface area contributed by atoms with E-state index in [0.717, 1.165) is 24.1 Å². The fourth-order valence-corrected chi connectivity index (χ4v) is 4.02. The van der Waals surface area contributed by atoms with Crippen molar-refractivity contribution < 1.29 is 9.18 Å². The highest BCUT2D eigenvalue weighted by molar-refractivity contribution is 5.75. The van der Waals surface area contributed by atoms with E-state index in [1.807, 2.05) is 35.2 Å². The van der Waals surface area contributed by atoms with Gasteiger partial charge in [0.2, 0.25) is 5.95 Å². The number of tetrazole rings is 1. The van der Waals surface area contributed by atoms with Gasteiger partial charge in [0.1, 0.15) is 5.82 Å². The first-order chi connectivity index (χ1) is 15.2. The van der Waals surface area contributed by atoms with Crippen molar-refractivity contribution in [2.45, 2.75) is 18.9 Å². The Morgan fingerprint density at radius 1 is 1.00 bits per heavy atom. The Morgan fingerprint density at radius 2 is 1.71 bits per heavy atom. The number of amides is 2. The molecule has 1 atom stereocenters. The van der Waals surface area contributed by atoms with E-state index in [0.29, 0.717) is 38.0 Å². The molecule has 1 saturated heterocycles. The van der Waals surface area contributed by atoms with E-state index < -0.39 is 0 Å². The Hall–Kier alpha value is -3.49. The van der Waals surface area contributed by atoms with Crippen molar-refractivity contribution in [2.24, 2.45) is 5.92 Å². The van der Waals surface area contributed by atoms with Crippen LogP contribution in [0.5, 0.6) is 0 Å². The Bertz CT molecular complexity index is 1030. The van der Waals surface area contributed by atoms with Gasteiger partial charge in [-0.2, -0.15) is 4.68 Å². The minimum absolute atomic E-state index is 0.0727. The van der Waals surface area contributed by atoms with E-state index in [9.17, 15) is 9.18 Å². The second-order valence-corrected chi connectivity index (χ2v) is 8.02. The van der Waals surface area contributed by atoms with Crippen molar-refractivity contribution in [1.82, 2.24) is 30.4 Å². The zero-order valence-corrected chi connectivity index (χ0v) is 17.1. The van der Waals surface area contributed by atoms with Crippen LogP contribution in [0.25, 0.3) is 5.69 Å². The summed E-state index contributed by atoms with van der Waals surface area (Å²) in [6, 6.07) is 16.0. The predicted molar refractivity (Wildman–Crippen MR) is 113 cm³/mol. The summed E-state index contributed by atoms with van der Waals surface area (Å²) in [5.74, 6) is 0.832. The maximum absolute atomic E-state index is 13.3. The molecule has 1 saturated carbocycles. The van der Waals surface area contributed by atoms with Gasteiger partial charge in [-0.25, -0.2) is 9.18 Å². The number of rotatable bonds is 5. The highest BCUT2D eigenvalue weighted by Gasteiger charge is 2.35. The molecule has 2 aromatic carbocycles. The second-order valence-electron chi connectivity index (χ2n) is 8.02. The van der Waals surface area contributed by atoms with Crippen LogP contribution in [0.2, 0.25) is 0 Å². The minimum Gasteiger partial charge on any atom is -0.336 e. The summed E-state index contributed by atoms with van der Waals surface area (Å²) in [5.41, 5.74) is 1.85. The summed E-state index contributed by atoms with van der Waals surface area (Å²) in [4.78, 5) is 16.9. The first-order valence-corrected chi connectivity index (χ1v) is 10.6. The summed E-state index contributed by atoms with van der Waals surface area (Å²) in [6.45, 7) is 2.44. The molecule has 1 N–H and O–H groups in total. The fourth-order valence-electron chi connectivity index (χ4n) is 4.02. The topological polar surface area (TPSA) is 79.2 Å². The average Bonchev–Trinajstić information content (AvgIpc) is 3.54. The Kier molecular flexibility index (Phi) is 5.23. The standard InChI is InChI=1S/C22H24FN7O/c23-18-10-8-17(9-11-18)20(16-6-7-16)24-22(31)29-14-12-28(13-15-29)21-25-26-27-30(21)19-4-2-1-3-5-19/h1-5,8-11,16,20H,6-7,12-15H2,(H,24,31). The predicted octanol–water partition coefficient (Wildman–Crippen LogP) is 2.78. The Balaban J connectivity index is 1.22. The second kappa shape index (κ2) is 8.33. The number of urea groups is 1. The SMILES string of the molecule is O=C(NC(c1ccc(F)cc1)C1CC1)N1CCN(c2nnnn2-c2ccccc2)CC1. The maximum Gasteiger partial charge on any atom is 0.318 e. The van der Waals surface area contributed by atoms with Crippen LogP contribution in [-0.2, 0) is 0 Å². The molecule has 2 heterocycles. The normalized spacial score (nSPS) is 17.5. The number of nitrogens with zero attached hydrogens (tertiary/aromatic N) is 6. The number of hydrogen-bond acceptors (Lipinski definition) is 5. The van der Waals surface area contributed by atoms with Crippen LogP contribution in [-0.4, -0.2) is 57.3 Å². The molecular formula is C22H24FN7O. The molecule has 8 nitrogen and oxygen atoms in total. The third-order valence-electron chi connectivity index (χ3n) is 5.91. The van der Waals surface area contributed by atoms with E-state index in [-0.39, 0.29) is 17.9 Å². The smallest absolute Gasteiger partial charge is 0.318 e. The van der Waals surface area contributed by atoms with Gasteiger partial charge in [-0.15, -0.1) is 0 Å². The highest BCUT2D eigenvalue weighted by Crippen LogP contribution is 2.41. The first-order valence-electron chi connectivity index (χ1n) is 10.6. The largest absolute Gasteiger partial charge is 0.336 e. The Morgan fingerprint density at radius 3 is 2.39 bits per heavy atom. The van der Waals surface area contributed by atoms with Gasteiger partial charge in [-0.05, 0) is 59.0 Å². The van der Waals surface area contributed by atoms with Gasteiger partial charge in [-0.3, -0.25) is 0 Å². The number of benzene rings is 2. The molecule has 31 heavy (non-hydrogen) atoms. The van der Waals surface area contributed by atoms with Crippen LogP contribution in [0.15, 0.2) is 54.6 Å². The summed E-state index contributed by atoms with van der Waals surface area (Å²) in [5, 5.41) is 15.3. The zero-order chi connectivity index (χ0) is 21.2. The molecule has 0 radical (unpaired) electrons. The van der Waals surface area contributed by atoms with Crippen LogP contribution in [0.1, 0.15) is 24.4 Å². The molecule has 2 aliphatic rings. The summed E-state index contributed by atoms with van der Waals surface area (Å²) in [6.07, 6.45) is 2.16. The first kappa shape index (κ1) is 19.5. The van der Waals surface area contributed by atoms with E-state index in [2.05, 4.69) is 25.7 Å². The molecule has 0 bridgehead atoms. The molecule has 0 spiro atoms. The number of para-hydroxylation sites is 1. The quantitative estimate of drug-likeness (QED) is 0.685. The molecule has 1 unspecified atom stereocenters. The molecule has 160 valence electrons. The number of aromatic nitrogens is 4. The van der Waals surface area contributed by atoms with Crippen molar-refractivity contribution >= 4 is 12.0 Å². The summed E-state index contributed by atoms with van der Waals surface area (Å²) < 4.78 is 15.0. The number of halogens is 1. The molecule has 9 heteroatoms. The monoisotopic (exact) mass is 421 g/mol. The number of piperazine rings is 1. The van der Waals surface area contributed by atoms with Crippen molar-refractivity contribution in [3.05, 3.63) is 66.0 Å². The van der Waals surface area contributed by atoms with Gasteiger partial charge in [0.05, 0.1) is 11.7 Å². The zero-order valence-electron chi connectivity index (χ0n) is 17.1. The highest BCUT2D eigenvalue weighted by atomic mass is 19.1. The van der Waals surface area contributed by atoms with Crippen LogP contribution >= 0.6 is 0 Å². The lowest BCUT2D eigenvalue weighted by Crippen LogP contribution is -2.53. The van der Waals surface area contributed by atoms with Gasteiger partial charge in [0.25, 0.3) is 0 Å². The van der Waals surface area contributed by atoms with Crippen molar-refractivity contribution in [3.63, 3.8) is 0 Å². The number of nitrogens with one attached hydrogen (secondary N) is 1. The summed E-state index contributed by atoms with van der Waals surface area (Å²) >= 11 is 0. The van der Waals surface area contributed by atoms with E-state index in [1.165, 1.54) is 12.1 Å². The van der Waals surface area contributed by atoms with Gasteiger partial charge in [-0.1, -0.05) is 35.4 Å². The molecule has 2 fully saturated rings. The third-order valence-corrected chi connectivity index (χ3v) is 5.91. The lowest BCUT2D eigenvalue weighted by atomic mass is 10.0. The van der Waals surface area contributed by atoms with Crippen molar-refractivity contribution in [1.29, 1.82) is 0 Å². The molecule has 5 rings (SSSR count). The minimum atomic E-state index is -0.265. The van der Waals surface area contributed by atoms with Crippen LogP contribution < -0.4 is 10.2 Å². The number of hydrogen-bond donors (Lipinski definition) is 1. The number of carbonyl (C=O) groups excluding carboxylic acids is 1. The average molecular weight is 421 g/mol. The van der Waals surface area contributed by atoms with Crippen molar-refractivity contribution in [2.75, 3.05) is 31.1 Å². The third kappa shape index (κ3) is 4.21. The fraction of sp³-hybridized carbons (Fsp3) is 0.364. The van der Waals surface area contributed by atoms with Crippen LogP contribution in [0, 0.1) is 11.7 Å².